The van der Waals surface area contributed by atoms with Crippen molar-refractivity contribution < 1.29 is 13.2 Å². The van der Waals surface area contributed by atoms with Gasteiger partial charge in [0.15, 0.2) is 9.84 Å². The van der Waals surface area contributed by atoms with Crippen molar-refractivity contribution in [3.05, 3.63) is 22.8 Å². The van der Waals surface area contributed by atoms with Gasteiger partial charge in [-0.15, -0.1) is 0 Å². The fourth-order valence-corrected chi connectivity index (χ4v) is 4.72. The van der Waals surface area contributed by atoms with Crippen LogP contribution < -0.4 is 4.90 Å². The second-order valence-corrected chi connectivity index (χ2v) is 9.41. The lowest BCUT2D eigenvalue weighted by Crippen LogP contribution is -2.44. The number of pyridine rings is 1. The molecule has 1 saturated heterocycles. The van der Waals surface area contributed by atoms with Crippen molar-refractivity contribution in [1.82, 2.24) is 14.8 Å². The molecule has 140 valence electrons. The van der Waals surface area contributed by atoms with Gasteiger partial charge in [0.25, 0.3) is 5.91 Å². The van der Waals surface area contributed by atoms with Crippen LogP contribution in [0.4, 0.5) is 5.82 Å². The van der Waals surface area contributed by atoms with E-state index in [1.165, 1.54) is 6.07 Å². The van der Waals surface area contributed by atoms with Crippen LogP contribution in [0, 0.1) is 0 Å². The first-order valence-corrected chi connectivity index (χ1v) is 10.3. The Hall–Kier alpha value is -1.38. The van der Waals surface area contributed by atoms with Gasteiger partial charge < -0.3 is 14.7 Å². The molecule has 1 unspecified atom stereocenters. The zero-order valence-corrected chi connectivity index (χ0v) is 16.6. The highest BCUT2D eigenvalue weighted by atomic mass is 35.5. The number of likely N-dealkylation sites (N-methyl/N-ethyl adjacent to an activating group) is 1. The standard InChI is InChI=1S/C16H25ClN4O3S/c1-19(2)6-7-21(13-5-8-25(23,24)11-13)16(22)12-9-14(17)18-15(10-12)20(3)4/h9-10,13H,5-8,11H2,1-4H3. The summed E-state index contributed by atoms with van der Waals surface area (Å²) >= 11 is 6.06. The summed E-state index contributed by atoms with van der Waals surface area (Å²) in [6.07, 6.45) is 0.473. The molecule has 1 aromatic heterocycles. The van der Waals surface area contributed by atoms with Crippen LogP contribution in [-0.2, 0) is 9.84 Å². The predicted molar refractivity (Wildman–Crippen MR) is 100 cm³/mol. The molecule has 0 bridgehead atoms. The van der Waals surface area contributed by atoms with Gasteiger partial charge in [-0.1, -0.05) is 11.6 Å². The first-order chi connectivity index (χ1) is 11.6. The maximum absolute atomic E-state index is 13.1. The molecule has 0 radical (unpaired) electrons. The Morgan fingerprint density at radius 3 is 2.44 bits per heavy atom. The molecule has 0 saturated carbocycles. The number of hydrogen-bond donors (Lipinski definition) is 0. The average molecular weight is 389 g/mol. The summed E-state index contributed by atoms with van der Waals surface area (Å²) in [6.45, 7) is 1.12. The van der Waals surface area contributed by atoms with Gasteiger partial charge in [0, 0.05) is 38.8 Å². The van der Waals surface area contributed by atoms with Crippen LogP contribution in [0.5, 0.6) is 0 Å². The topological polar surface area (TPSA) is 73.8 Å². The van der Waals surface area contributed by atoms with Crippen LogP contribution in [0.1, 0.15) is 16.8 Å². The minimum atomic E-state index is -3.08. The minimum absolute atomic E-state index is 0.0194. The van der Waals surface area contributed by atoms with Gasteiger partial charge in [0.05, 0.1) is 11.5 Å². The molecule has 1 fully saturated rings. The minimum Gasteiger partial charge on any atom is -0.363 e. The third-order valence-electron chi connectivity index (χ3n) is 4.18. The number of halogens is 1. The number of anilines is 1. The molecule has 0 aliphatic carbocycles. The summed E-state index contributed by atoms with van der Waals surface area (Å²) < 4.78 is 23.7. The smallest absolute Gasteiger partial charge is 0.254 e. The third kappa shape index (κ3) is 5.29. The predicted octanol–water partition coefficient (Wildman–Crippen LogP) is 0.992. The van der Waals surface area contributed by atoms with E-state index in [1.807, 2.05) is 33.1 Å². The fraction of sp³-hybridized carbons (Fsp3) is 0.625. The van der Waals surface area contributed by atoms with E-state index in [9.17, 15) is 13.2 Å². The number of carbonyl (C=O) groups is 1. The largest absolute Gasteiger partial charge is 0.363 e. The average Bonchev–Trinajstić information content (AvgIpc) is 2.86. The molecular weight excluding hydrogens is 364 g/mol. The maximum atomic E-state index is 13.1. The maximum Gasteiger partial charge on any atom is 0.254 e. The molecule has 1 atom stereocenters. The summed E-state index contributed by atoms with van der Waals surface area (Å²) in [7, 11) is 4.40. The SMILES string of the molecule is CN(C)CCN(C(=O)c1cc(Cl)nc(N(C)C)c1)C1CCS(=O)(=O)C1. The highest BCUT2D eigenvalue weighted by Gasteiger charge is 2.35. The van der Waals surface area contributed by atoms with Crippen LogP contribution in [0.2, 0.25) is 5.15 Å². The first-order valence-electron chi connectivity index (χ1n) is 8.10. The molecule has 1 aromatic rings. The Morgan fingerprint density at radius 1 is 1.24 bits per heavy atom. The highest BCUT2D eigenvalue weighted by Crippen LogP contribution is 2.23. The molecule has 1 amide bonds. The van der Waals surface area contributed by atoms with Crippen molar-refractivity contribution in [3.63, 3.8) is 0 Å². The van der Waals surface area contributed by atoms with Crippen LogP contribution in [0.3, 0.4) is 0 Å². The lowest BCUT2D eigenvalue weighted by molar-refractivity contribution is 0.0683. The second-order valence-electron chi connectivity index (χ2n) is 6.79. The van der Waals surface area contributed by atoms with E-state index in [0.29, 0.717) is 30.9 Å². The Labute approximate surface area is 154 Å². The number of rotatable bonds is 6. The molecule has 0 N–H and O–H groups in total. The number of aromatic nitrogens is 1. The molecule has 7 nitrogen and oxygen atoms in total. The van der Waals surface area contributed by atoms with Gasteiger partial charge in [-0.2, -0.15) is 0 Å². The molecule has 1 aliphatic rings. The summed E-state index contributed by atoms with van der Waals surface area (Å²) in [5.41, 5.74) is 0.423. The van der Waals surface area contributed by atoms with Gasteiger partial charge in [-0.05, 0) is 32.6 Å². The zero-order valence-electron chi connectivity index (χ0n) is 15.1. The summed E-state index contributed by atoms with van der Waals surface area (Å²) in [4.78, 5) is 22.7. The monoisotopic (exact) mass is 388 g/mol. The van der Waals surface area contributed by atoms with Gasteiger partial charge in [0.2, 0.25) is 0 Å². The van der Waals surface area contributed by atoms with E-state index in [0.717, 1.165) is 0 Å². The molecule has 9 heteroatoms. The normalized spacial score (nSPS) is 19.2. The van der Waals surface area contributed by atoms with Crippen molar-refractivity contribution in [2.75, 3.05) is 57.7 Å². The van der Waals surface area contributed by atoms with Gasteiger partial charge >= 0.3 is 0 Å². The summed E-state index contributed by atoms with van der Waals surface area (Å²) in [6, 6.07) is 2.91. The molecule has 1 aliphatic heterocycles. The number of carbonyl (C=O) groups excluding carboxylic acids is 1. The Bertz CT molecular complexity index is 737. The fourth-order valence-electron chi connectivity index (χ4n) is 2.78. The molecule has 25 heavy (non-hydrogen) atoms. The highest BCUT2D eigenvalue weighted by molar-refractivity contribution is 7.91. The van der Waals surface area contributed by atoms with Crippen LogP contribution in [0.15, 0.2) is 12.1 Å². The Kier molecular flexibility index (Phi) is 6.29. The Morgan fingerprint density at radius 2 is 1.92 bits per heavy atom. The van der Waals surface area contributed by atoms with Gasteiger partial charge in [-0.3, -0.25) is 4.79 Å². The van der Waals surface area contributed by atoms with E-state index in [4.69, 9.17) is 11.6 Å². The van der Waals surface area contributed by atoms with E-state index < -0.39 is 9.84 Å². The van der Waals surface area contributed by atoms with E-state index in [-0.39, 0.29) is 28.6 Å². The van der Waals surface area contributed by atoms with Crippen LogP contribution in [0.25, 0.3) is 0 Å². The molecular formula is C16H25ClN4O3S. The lowest BCUT2D eigenvalue weighted by Gasteiger charge is -2.30. The first kappa shape index (κ1) is 19.9. The number of hydrogen-bond acceptors (Lipinski definition) is 6. The van der Waals surface area contributed by atoms with Gasteiger partial charge in [0.1, 0.15) is 11.0 Å². The van der Waals surface area contributed by atoms with Crippen LogP contribution in [-0.4, -0.2) is 87.9 Å². The van der Waals surface area contributed by atoms with Crippen LogP contribution >= 0.6 is 11.6 Å². The molecule has 0 spiro atoms. The summed E-state index contributed by atoms with van der Waals surface area (Å²) in [5, 5.41) is 0.237. The lowest BCUT2D eigenvalue weighted by atomic mass is 10.1. The van der Waals surface area contributed by atoms with E-state index in [1.54, 1.807) is 15.9 Å². The number of nitrogens with zero attached hydrogens (tertiary/aromatic N) is 4. The van der Waals surface area contributed by atoms with Crippen molar-refractivity contribution >= 4 is 33.2 Å². The van der Waals surface area contributed by atoms with Gasteiger partial charge in [-0.25, -0.2) is 13.4 Å². The van der Waals surface area contributed by atoms with Crippen molar-refractivity contribution in [1.29, 1.82) is 0 Å². The van der Waals surface area contributed by atoms with Crippen molar-refractivity contribution in [2.24, 2.45) is 0 Å². The number of sulfone groups is 1. The van der Waals surface area contributed by atoms with E-state index >= 15 is 0 Å². The Balaban J connectivity index is 2.31. The molecule has 2 heterocycles. The molecule has 2 rings (SSSR count). The number of amides is 1. The summed E-state index contributed by atoms with van der Waals surface area (Å²) in [5.74, 6) is 0.522. The third-order valence-corrected chi connectivity index (χ3v) is 6.13. The van der Waals surface area contributed by atoms with Crippen molar-refractivity contribution in [2.45, 2.75) is 12.5 Å². The second kappa shape index (κ2) is 7.88. The van der Waals surface area contributed by atoms with Crippen molar-refractivity contribution in [3.8, 4) is 0 Å². The molecule has 0 aromatic carbocycles. The van der Waals surface area contributed by atoms with E-state index in [2.05, 4.69) is 4.98 Å². The zero-order chi connectivity index (χ0) is 18.8. The quantitative estimate of drug-likeness (QED) is 0.677.